The van der Waals surface area contributed by atoms with Crippen molar-refractivity contribution in [2.45, 2.75) is 26.3 Å². The van der Waals surface area contributed by atoms with Gasteiger partial charge in [-0.2, -0.15) is 0 Å². The number of hydrogen-bond acceptors (Lipinski definition) is 2. The molecule has 0 bridgehead atoms. The Labute approximate surface area is 120 Å². The van der Waals surface area contributed by atoms with Crippen LogP contribution in [0.5, 0.6) is 0 Å². The Morgan fingerprint density at radius 1 is 1.19 bits per heavy atom. The summed E-state index contributed by atoms with van der Waals surface area (Å²) in [7, 11) is 1.29. The number of carbonyl (C=O) groups excluding carboxylic acids is 1. The molecular formula is C14H18F4N2O. The van der Waals surface area contributed by atoms with Crippen LogP contribution in [0.2, 0.25) is 0 Å². The fourth-order valence-corrected chi connectivity index (χ4v) is 1.73. The van der Waals surface area contributed by atoms with Crippen LogP contribution in [0.15, 0.2) is 6.07 Å². The Kier molecular flexibility index (Phi) is 5.71. The summed E-state index contributed by atoms with van der Waals surface area (Å²) in [4.78, 5) is 12.9. The first-order valence-electron chi connectivity index (χ1n) is 6.50. The van der Waals surface area contributed by atoms with Gasteiger partial charge in [0.15, 0.2) is 23.3 Å². The third-order valence-corrected chi connectivity index (χ3v) is 3.33. The topological polar surface area (TPSA) is 46.3 Å². The van der Waals surface area contributed by atoms with Gasteiger partial charge < -0.3 is 10.6 Å². The average Bonchev–Trinajstić information content (AvgIpc) is 2.42. The first-order valence-corrected chi connectivity index (χ1v) is 6.50. The third kappa shape index (κ3) is 3.93. The summed E-state index contributed by atoms with van der Waals surface area (Å²) in [5.74, 6) is -7.56. The van der Waals surface area contributed by atoms with Crippen LogP contribution in [0.3, 0.4) is 0 Å². The molecule has 0 aliphatic carbocycles. The van der Waals surface area contributed by atoms with Crippen molar-refractivity contribution in [3.63, 3.8) is 0 Å². The smallest absolute Gasteiger partial charge is 0.259 e. The second kappa shape index (κ2) is 6.89. The van der Waals surface area contributed by atoms with Crippen molar-refractivity contribution in [3.05, 3.63) is 34.9 Å². The summed E-state index contributed by atoms with van der Waals surface area (Å²) in [6.45, 7) is 3.91. The minimum Gasteiger partial charge on any atom is -0.341 e. The van der Waals surface area contributed by atoms with Gasteiger partial charge in [-0.25, -0.2) is 17.6 Å². The molecule has 0 heterocycles. The van der Waals surface area contributed by atoms with Crippen molar-refractivity contribution in [1.29, 1.82) is 0 Å². The molecule has 0 radical (unpaired) electrons. The summed E-state index contributed by atoms with van der Waals surface area (Å²) in [5.41, 5.74) is 4.58. The molecule has 118 valence electrons. The molecule has 1 atom stereocenters. The number of nitrogens with two attached hydrogens (primary N) is 1. The quantitative estimate of drug-likeness (QED) is 0.671. The molecule has 0 spiro atoms. The lowest BCUT2D eigenvalue weighted by molar-refractivity contribution is 0.0776. The normalized spacial score (nSPS) is 12.6. The predicted molar refractivity (Wildman–Crippen MR) is 70.7 cm³/mol. The SMILES string of the molecule is CC(C)C(N)CCN(C)C(=O)c1c(F)c(F)cc(F)c1F. The highest BCUT2D eigenvalue weighted by molar-refractivity contribution is 5.94. The minimum atomic E-state index is -1.70. The Bertz CT molecular complexity index is 508. The molecule has 1 amide bonds. The van der Waals surface area contributed by atoms with Crippen LogP contribution in [0.4, 0.5) is 17.6 Å². The van der Waals surface area contributed by atoms with Gasteiger partial charge in [-0.1, -0.05) is 13.8 Å². The van der Waals surface area contributed by atoms with E-state index in [0.29, 0.717) is 6.42 Å². The second-order valence-corrected chi connectivity index (χ2v) is 5.27. The van der Waals surface area contributed by atoms with Gasteiger partial charge in [0.1, 0.15) is 5.56 Å². The summed E-state index contributed by atoms with van der Waals surface area (Å²) < 4.78 is 53.2. The molecule has 0 aliphatic heterocycles. The summed E-state index contributed by atoms with van der Waals surface area (Å²) >= 11 is 0. The number of halogens is 4. The van der Waals surface area contributed by atoms with Gasteiger partial charge in [0.05, 0.1) is 0 Å². The first kappa shape index (κ1) is 17.4. The van der Waals surface area contributed by atoms with Crippen molar-refractivity contribution in [1.82, 2.24) is 4.90 Å². The molecule has 7 heteroatoms. The summed E-state index contributed by atoms with van der Waals surface area (Å²) in [6.07, 6.45) is 0.404. The number of carbonyl (C=O) groups is 1. The van der Waals surface area contributed by atoms with Crippen LogP contribution in [0, 0.1) is 29.2 Å². The molecule has 21 heavy (non-hydrogen) atoms. The molecule has 1 rings (SSSR count). The maximum atomic E-state index is 13.5. The molecule has 0 saturated heterocycles. The van der Waals surface area contributed by atoms with Gasteiger partial charge in [0.2, 0.25) is 0 Å². The van der Waals surface area contributed by atoms with E-state index in [-0.39, 0.29) is 24.6 Å². The summed E-state index contributed by atoms with van der Waals surface area (Å²) in [5, 5.41) is 0. The number of nitrogens with zero attached hydrogens (tertiary/aromatic N) is 1. The van der Waals surface area contributed by atoms with Crippen LogP contribution >= 0.6 is 0 Å². The van der Waals surface area contributed by atoms with Gasteiger partial charge in [-0.3, -0.25) is 4.79 Å². The zero-order valence-corrected chi connectivity index (χ0v) is 12.1. The van der Waals surface area contributed by atoms with Gasteiger partial charge in [0, 0.05) is 25.7 Å². The predicted octanol–water partition coefficient (Wildman–Crippen LogP) is 2.69. The highest BCUT2D eigenvalue weighted by atomic mass is 19.2. The lowest BCUT2D eigenvalue weighted by Crippen LogP contribution is -2.35. The minimum absolute atomic E-state index is 0.0656. The van der Waals surface area contributed by atoms with Crippen LogP contribution in [-0.2, 0) is 0 Å². The highest BCUT2D eigenvalue weighted by Gasteiger charge is 2.27. The van der Waals surface area contributed by atoms with E-state index in [1.165, 1.54) is 7.05 Å². The van der Waals surface area contributed by atoms with Crippen molar-refractivity contribution in [2.75, 3.05) is 13.6 Å². The maximum absolute atomic E-state index is 13.5. The van der Waals surface area contributed by atoms with E-state index < -0.39 is 34.7 Å². The first-order chi connectivity index (χ1) is 9.66. The van der Waals surface area contributed by atoms with Gasteiger partial charge >= 0.3 is 0 Å². The van der Waals surface area contributed by atoms with E-state index in [9.17, 15) is 22.4 Å². The fraction of sp³-hybridized carbons (Fsp3) is 0.500. The Morgan fingerprint density at radius 2 is 1.67 bits per heavy atom. The lowest BCUT2D eigenvalue weighted by Gasteiger charge is -2.22. The van der Waals surface area contributed by atoms with E-state index in [1.54, 1.807) is 0 Å². The number of rotatable bonds is 5. The van der Waals surface area contributed by atoms with Crippen molar-refractivity contribution in [2.24, 2.45) is 11.7 Å². The second-order valence-electron chi connectivity index (χ2n) is 5.27. The van der Waals surface area contributed by atoms with E-state index in [4.69, 9.17) is 5.73 Å². The zero-order chi connectivity index (χ0) is 16.3. The largest absolute Gasteiger partial charge is 0.341 e. The monoisotopic (exact) mass is 306 g/mol. The molecular weight excluding hydrogens is 288 g/mol. The van der Waals surface area contributed by atoms with Crippen molar-refractivity contribution >= 4 is 5.91 Å². The van der Waals surface area contributed by atoms with Gasteiger partial charge in [-0.05, 0) is 12.3 Å². The zero-order valence-electron chi connectivity index (χ0n) is 12.1. The van der Waals surface area contributed by atoms with Crippen LogP contribution in [0.1, 0.15) is 30.6 Å². The van der Waals surface area contributed by atoms with E-state index >= 15 is 0 Å². The Balaban J connectivity index is 2.94. The molecule has 1 aromatic rings. The molecule has 0 aliphatic rings. The van der Waals surface area contributed by atoms with E-state index in [2.05, 4.69) is 0 Å². The van der Waals surface area contributed by atoms with E-state index in [0.717, 1.165) is 4.90 Å². The molecule has 0 aromatic heterocycles. The van der Waals surface area contributed by atoms with Crippen LogP contribution in [-0.4, -0.2) is 30.4 Å². The Morgan fingerprint density at radius 3 is 2.10 bits per heavy atom. The highest BCUT2D eigenvalue weighted by Crippen LogP contribution is 2.20. The molecule has 1 unspecified atom stereocenters. The maximum Gasteiger partial charge on any atom is 0.259 e. The fourth-order valence-electron chi connectivity index (χ4n) is 1.73. The van der Waals surface area contributed by atoms with Crippen LogP contribution < -0.4 is 5.73 Å². The van der Waals surface area contributed by atoms with Crippen LogP contribution in [0.25, 0.3) is 0 Å². The van der Waals surface area contributed by atoms with E-state index in [1.807, 2.05) is 13.8 Å². The number of hydrogen-bond donors (Lipinski definition) is 1. The molecule has 3 nitrogen and oxygen atoms in total. The molecule has 2 N–H and O–H groups in total. The van der Waals surface area contributed by atoms with Crippen molar-refractivity contribution < 1.29 is 22.4 Å². The summed E-state index contributed by atoms with van der Waals surface area (Å²) in [6, 6.07) is -0.130. The molecule has 0 fully saturated rings. The van der Waals surface area contributed by atoms with Crippen molar-refractivity contribution in [3.8, 4) is 0 Å². The standard InChI is InChI=1S/C14H18F4N2O/c1-7(2)10(19)4-5-20(3)14(21)11-12(17)8(15)6-9(16)13(11)18/h6-7,10H,4-5,19H2,1-3H3. The average molecular weight is 306 g/mol. The number of benzene rings is 1. The Hall–Kier alpha value is -1.63. The third-order valence-electron chi connectivity index (χ3n) is 3.33. The van der Waals surface area contributed by atoms with Gasteiger partial charge in [0.25, 0.3) is 5.91 Å². The molecule has 0 saturated carbocycles. The lowest BCUT2D eigenvalue weighted by atomic mass is 10.0. The number of amides is 1. The van der Waals surface area contributed by atoms with Gasteiger partial charge in [-0.15, -0.1) is 0 Å². The molecule has 1 aromatic carbocycles.